The number of aromatic nitrogens is 6. The predicted octanol–water partition coefficient (Wildman–Crippen LogP) is 1.82. The van der Waals surface area contributed by atoms with Crippen LogP contribution >= 0.6 is 0 Å². The van der Waals surface area contributed by atoms with Crippen LogP contribution in [0.5, 0.6) is 0 Å². The van der Waals surface area contributed by atoms with Crippen LogP contribution in [0.2, 0.25) is 0 Å². The Morgan fingerprint density at radius 1 is 1.28 bits per heavy atom. The molecule has 3 aromatic rings. The number of rotatable bonds is 6. The standard InChI is InChI=1S/C16H20N8O/c1-3-24-15(18-10-20-24)12(2)21-16(25)22-14-6-4-5-13(7-14)8-23-11-17-9-19-23/h4-7,9-12H,3,8H2,1-2H3,(H2,21,22,25)/t12-/m0/s1. The predicted molar refractivity (Wildman–Crippen MR) is 91.8 cm³/mol. The van der Waals surface area contributed by atoms with Crippen LogP contribution in [0.4, 0.5) is 10.5 Å². The van der Waals surface area contributed by atoms with Crippen molar-refractivity contribution < 1.29 is 4.79 Å². The molecule has 0 spiro atoms. The Kier molecular flexibility index (Phi) is 5.03. The van der Waals surface area contributed by atoms with Gasteiger partial charge in [0.05, 0.1) is 12.6 Å². The maximum absolute atomic E-state index is 12.2. The average molecular weight is 340 g/mol. The highest BCUT2D eigenvalue weighted by Crippen LogP contribution is 2.13. The van der Waals surface area contributed by atoms with Gasteiger partial charge in [-0.05, 0) is 31.5 Å². The molecule has 0 aliphatic rings. The normalized spacial score (nSPS) is 11.9. The smallest absolute Gasteiger partial charge is 0.319 e. The van der Waals surface area contributed by atoms with Gasteiger partial charge in [0.1, 0.15) is 24.8 Å². The zero-order valence-electron chi connectivity index (χ0n) is 14.1. The van der Waals surface area contributed by atoms with Crippen LogP contribution in [0.3, 0.4) is 0 Å². The topological polar surface area (TPSA) is 103 Å². The molecule has 0 unspecified atom stereocenters. The Morgan fingerprint density at radius 3 is 2.92 bits per heavy atom. The third-order valence-corrected chi connectivity index (χ3v) is 3.68. The van der Waals surface area contributed by atoms with Gasteiger partial charge in [-0.2, -0.15) is 10.2 Å². The fourth-order valence-corrected chi connectivity index (χ4v) is 2.53. The molecule has 0 radical (unpaired) electrons. The van der Waals surface area contributed by atoms with Crippen molar-refractivity contribution >= 4 is 11.7 Å². The molecule has 2 heterocycles. The van der Waals surface area contributed by atoms with Gasteiger partial charge in [-0.3, -0.25) is 0 Å². The van der Waals surface area contributed by atoms with Crippen molar-refractivity contribution in [3.8, 4) is 0 Å². The molecule has 0 saturated carbocycles. The molecule has 25 heavy (non-hydrogen) atoms. The van der Waals surface area contributed by atoms with E-state index < -0.39 is 0 Å². The van der Waals surface area contributed by atoms with Crippen LogP contribution in [0.15, 0.2) is 43.2 Å². The average Bonchev–Trinajstić information content (AvgIpc) is 3.26. The number of carbonyl (C=O) groups is 1. The van der Waals surface area contributed by atoms with E-state index in [1.165, 1.54) is 12.7 Å². The van der Waals surface area contributed by atoms with Crippen molar-refractivity contribution in [2.24, 2.45) is 0 Å². The van der Waals surface area contributed by atoms with Crippen molar-refractivity contribution in [2.45, 2.75) is 33.0 Å². The van der Waals surface area contributed by atoms with Crippen LogP contribution in [-0.4, -0.2) is 35.6 Å². The number of nitrogens with one attached hydrogen (secondary N) is 2. The molecule has 2 aromatic heterocycles. The molecule has 0 bridgehead atoms. The maximum Gasteiger partial charge on any atom is 0.319 e. The van der Waals surface area contributed by atoms with Crippen molar-refractivity contribution in [1.82, 2.24) is 34.8 Å². The Labute approximate surface area is 145 Å². The first kappa shape index (κ1) is 16.6. The summed E-state index contributed by atoms with van der Waals surface area (Å²) in [5.74, 6) is 0.720. The minimum atomic E-state index is -0.295. The van der Waals surface area contributed by atoms with Gasteiger partial charge in [0.25, 0.3) is 0 Å². The highest BCUT2D eigenvalue weighted by atomic mass is 16.2. The number of aryl methyl sites for hydroxylation is 1. The van der Waals surface area contributed by atoms with E-state index in [1.54, 1.807) is 15.7 Å². The highest BCUT2D eigenvalue weighted by molar-refractivity contribution is 5.89. The molecule has 9 heteroatoms. The van der Waals surface area contributed by atoms with Gasteiger partial charge in [0.2, 0.25) is 0 Å². The van der Waals surface area contributed by atoms with Crippen molar-refractivity contribution in [2.75, 3.05) is 5.32 Å². The molecule has 0 fully saturated rings. The quantitative estimate of drug-likeness (QED) is 0.712. The summed E-state index contributed by atoms with van der Waals surface area (Å²) in [6, 6.07) is 7.05. The Morgan fingerprint density at radius 2 is 2.16 bits per heavy atom. The van der Waals surface area contributed by atoms with Gasteiger partial charge in [-0.15, -0.1) is 0 Å². The molecule has 0 aliphatic heterocycles. The molecule has 1 aromatic carbocycles. The van der Waals surface area contributed by atoms with E-state index in [-0.39, 0.29) is 12.1 Å². The lowest BCUT2D eigenvalue weighted by molar-refractivity contribution is 0.248. The summed E-state index contributed by atoms with van der Waals surface area (Å²) in [4.78, 5) is 20.4. The molecule has 1 atom stereocenters. The highest BCUT2D eigenvalue weighted by Gasteiger charge is 2.15. The number of hydrogen-bond acceptors (Lipinski definition) is 5. The minimum absolute atomic E-state index is 0.249. The van der Waals surface area contributed by atoms with Crippen molar-refractivity contribution in [3.05, 3.63) is 54.6 Å². The van der Waals surface area contributed by atoms with Gasteiger partial charge < -0.3 is 10.6 Å². The fraction of sp³-hybridized carbons (Fsp3) is 0.312. The summed E-state index contributed by atoms with van der Waals surface area (Å²) in [6.45, 7) is 5.14. The Hall–Kier alpha value is -3.23. The lowest BCUT2D eigenvalue weighted by Gasteiger charge is -2.15. The molecule has 3 rings (SSSR count). The van der Waals surface area contributed by atoms with Gasteiger partial charge in [-0.25, -0.2) is 24.1 Å². The number of urea groups is 1. The van der Waals surface area contributed by atoms with Crippen LogP contribution in [0.25, 0.3) is 0 Å². The first-order valence-corrected chi connectivity index (χ1v) is 8.02. The number of anilines is 1. The molecule has 9 nitrogen and oxygen atoms in total. The first-order chi connectivity index (χ1) is 12.2. The fourth-order valence-electron chi connectivity index (χ4n) is 2.53. The largest absolute Gasteiger partial charge is 0.328 e. The number of nitrogens with zero attached hydrogens (tertiary/aromatic N) is 6. The molecule has 2 amide bonds. The Bertz CT molecular complexity index is 826. The lowest BCUT2D eigenvalue weighted by atomic mass is 10.2. The van der Waals surface area contributed by atoms with E-state index in [2.05, 4.69) is 30.8 Å². The summed E-state index contributed by atoms with van der Waals surface area (Å²) in [7, 11) is 0. The number of benzene rings is 1. The Balaban J connectivity index is 1.61. The van der Waals surface area contributed by atoms with Crippen molar-refractivity contribution in [3.63, 3.8) is 0 Å². The van der Waals surface area contributed by atoms with Crippen LogP contribution in [-0.2, 0) is 13.1 Å². The first-order valence-electron chi connectivity index (χ1n) is 8.02. The zero-order valence-corrected chi connectivity index (χ0v) is 14.1. The second kappa shape index (κ2) is 7.56. The third kappa shape index (κ3) is 4.19. The maximum atomic E-state index is 12.2. The third-order valence-electron chi connectivity index (χ3n) is 3.68. The van der Waals surface area contributed by atoms with E-state index in [0.717, 1.165) is 11.4 Å². The minimum Gasteiger partial charge on any atom is -0.328 e. The molecule has 0 aliphatic carbocycles. The molecular weight excluding hydrogens is 320 g/mol. The number of amides is 2. The van der Waals surface area contributed by atoms with Gasteiger partial charge in [0.15, 0.2) is 0 Å². The van der Waals surface area contributed by atoms with Gasteiger partial charge in [0, 0.05) is 12.2 Å². The van der Waals surface area contributed by atoms with E-state index >= 15 is 0 Å². The van der Waals surface area contributed by atoms with E-state index in [0.29, 0.717) is 18.8 Å². The lowest BCUT2D eigenvalue weighted by Crippen LogP contribution is -2.32. The summed E-state index contributed by atoms with van der Waals surface area (Å²) < 4.78 is 3.47. The summed E-state index contributed by atoms with van der Waals surface area (Å²) in [5, 5.41) is 13.9. The monoisotopic (exact) mass is 340 g/mol. The molecule has 2 N–H and O–H groups in total. The van der Waals surface area contributed by atoms with Crippen LogP contribution in [0, 0.1) is 0 Å². The SMILES string of the molecule is CCn1ncnc1[C@H](C)NC(=O)Nc1cccc(Cn2cncn2)c1. The van der Waals surface area contributed by atoms with Crippen molar-refractivity contribution in [1.29, 1.82) is 0 Å². The number of hydrogen-bond donors (Lipinski definition) is 2. The van der Waals surface area contributed by atoms with Gasteiger partial charge in [-0.1, -0.05) is 12.1 Å². The molecule has 130 valence electrons. The molecule has 0 saturated heterocycles. The zero-order chi connectivity index (χ0) is 17.6. The summed E-state index contributed by atoms with van der Waals surface area (Å²) >= 11 is 0. The van der Waals surface area contributed by atoms with E-state index in [9.17, 15) is 4.79 Å². The number of carbonyl (C=O) groups excluding carboxylic acids is 1. The van der Waals surface area contributed by atoms with E-state index in [4.69, 9.17) is 0 Å². The van der Waals surface area contributed by atoms with Crippen LogP contribution in [0.1, 0.15) is 31.3 Å². The summed E-state index contributed by atoms with van der Waals surface area (Å²) in [6.07, 6.45) is 4.63. The van der Waals surface area contributed by atoms with Crippen LogP contribution < -0.4 is 10.6 Å². The second-order valence-corrected chi connectivity index (χ2v) is 5.55. The van der Waals surface area contributed by atoms with E-state index in [1.807, 2.05) is 38.1 Å². The van der Waals surface area contributed by atoms with Gasteiger partial charge >= 0.3 is 6.03 Å². The molecular formula is C16H20N8O. The summed E-state index contributed by atoms with van der Waals surface area (Å²) in [5.41, 5.74) is 1.72. The second-order valence-electron chi connectivity index (χ2n) is 5.55.